The quantitative estimate of drug-likeness (QED) is 0.509. The topological polar surface area (TPSA) is 43.4 Å². The number of hydrogen-bond donors (Lipinski definition) is 1. The van der Waals surface area contributed by atoms with Gasteiger partial charge in [-0.2, -0.15) is 0 Å². The molecule has 4 nitrogen and oxygen atoms in total. The summed E-state index contributed by atoms with van der Waals surface area (Å²) in [7, 11) is 3.36. The second-order valence-electron chi connectivity index (χ2n) is 7.47. The number of pyridine rings is 1. The Labute approximate surface area is 189 Å². The van der Waals surface area contributed by atoms with Gasteiger partial charge in [-0.1, -0.05) is 60.7 Å². The molecule has 0 atom stereocenters. The van der Waals surface area contributed by atoms with E-state index in [-0.39, 0.29) is 0 Å². The number of hydrogen-bond acceptors (Lipinski definition) is 4. The van der Waals surface area contributed by atoms with Crippen LogP contribution in [0.3, 0.4) is 0 Å². The van der Waals surface area contributed by atoms with Gasteiger partial charge >= 0.3 is 0 Å². The Morgan fingerprint density at radius 3 is 2.03 bits per heavy atom. The Kier molecular flexibility index (Phi) is 6.52. The van der Waals surface area contributed by atoms with Crippen molar-refractivity contribution >= 4 is 17.8 Å². The fourth-order valence-corrected chi connectivity index (χ4v) is 3.52. The molecule has 0 fully saturated rings. The first-order valence-electron chi connectivity index (χ1n) is 10.4. The van der Waals surface area contributed by atoms with E-state index in [1.54, 1.807) is 20.4 Å². The molecule has 1 aliphatic heterocycles. The summed E-state index contributed by atoms with van der Waals surface area (Å²) in [6.07, 6.45) is 16.7. The van der Waals surface area contributed by atoms with Crippen molar-refractivity contribution in [3.8, 4) is 11.5 Å². The van der Waals surface area contributed by atoms with Gasteiger partial charge in [0.05, 0.1) is 25.6 Å². The average molecular weight is 423 g/mol. The fourth-order valence-electron chi connectivity index (χ4n) is 3.52. The van der Waals surface area contributed by atoms with Crippen LogP contribution in [0.15, 0.2) is 103 Å². The van der Waals surface area contributed by atoms with Crippen molar-refractivity contribution in [3.63, 3.8) is 0 Å². The van der Waals surface area contributed by atoms with E-state index in [0.717, 1.165) is 34.0 Å². The summed E-state index contributed by atoms with van der Waals surface area (Å²) in [5.74, 6) is 1.66. The Bertz CT molecular complexity index is 1120. The lowest BCUT2D eigenvalue weighted by molar-refractivity contribution is 0.414. The second kappa shape index (κ2) is 9.84. The van der Waals surface area contributed by atoms with E-state index >= 15 is 0 Å². The van der Waals surface area contributed by atoms with Gasteiger partial charge in [0.1, 0.15) is 11.5 Å². The molecule has 0 aliphatic carbocycles. The van der Waals surface area contributed by atoms with Gasteiger partial charge in [0, 0.05) is 11.6 Å². The van der Waals surface area contributed by atoms with E-state index in [1.165, 1.54) is 0 Å². The molecule has 0 unspecified atom stereocenters. The molecule has 0 saturated heterocycles. The smallest absolute Gasteiger partial charge is 0.119 e. The summed E-state index contributed by atoms with van der Waals surface area (Å²) in [5.41, 5.74) is 3.55. The predicted molar refractivity (Wildman–Crippen MR) is 131 cm³/mol. The fraction of sp³-hybridized carbons (Fsp3) is 0.107. The molecule has 0 amide bonds. The molecular weight excluding hydrogens is 396 g/mol. The highest BCUT2D eigenvalue weighted by Crippen LogP contribution is 2.33. The zero-order valence-corrected chi connectivity index (χ0v) is 18.2. The van der Waals surface area contributed by atoms with Gasteiger partial charge in [-0.3, -0.25) is 4.98 Å². The molecule has 32 heavy (non-hydrogen) atoms. The molecule has 0 bridgehead atoms. The van der Waals surface area contributed by atoms with Crippen molar-refractivity contribution in [2.45, 2.75) is 0 Å². The molecule has 1 aliphatic rings. The van der Waals surface area contributed by atoms with Gasteiger partial charge in [0.15, 0.2) is 0 Å². The molecule has 2 heterocycles. The molecule has 0 radical (unpaired) electrons. The first-order valence-corrected chi connectivity index (χ1v) is 10.4. The maximum atomic E-state index is 5.37. The maximum Gasteiger partial charge on any atom is 0.119 e. The molecule has 160 valence electrons. The lowest BCUT2D eigenvalue weighted by Crippen LogP contribution is -2.19. The Morgan fingerprint density at radius 2 is 1.47 bits per heavy atom. The monoisotopic (exact) mass is 422 g/mol. The number of nitrogens with zero attached hydrogens (tertiary/aromatic N) is 1. The molecule has 3 aromatic rings. The van der Waals surface area contributed by atoms with Crippen LogP contribution in [-0.2, 0) is 0 Å². The van der Waals surface area contributed by atoms with Crippen LogP contribution in [-0.4, -0.2) is 19.2 Å². The number of ether oxygens (including phenoxy) is 2. The van der Waals surface area contributed by atoms with Gasteiger partial charge in [-0.25, -0.2) is 0 Å². The minimum Gasteiger partial charge on any atom is -0.497 e. The van der Waals surface area contributed by atoms with Crippen LogP contribution in [0, 0.1) is 5.41 Å². The molecule has 0 saturated carbocycles. The van der Waals surface area contributed by atoms with Crippen molar-refractivity contribution in [2.75, 3.05) is 14.2 Å². The van der Waals surface area contributed by atoms with Crippen molar-refractivity contribution in [1.82, 2.24) is 10.3 Å². The number of nitrogens with one attached hydrogen (secondary N) is 1. The van der Waals surface area contributed by atoms with Crippen molar-refractivity contribution in [3.05, 3.63) is 120 Å². The molecule has 2 aromatic carbocycles. The molecule has 0 spiro atoms. The van der Waals surface area contributed by atoms with Gasteiger partial charge in [-0.15, -0.1) is 0 Å². The zero-order valence-electron chi connectivity index (χ0n) is 18.2. The first-order chi connectivity index (χ1) is 15.7. The second-order valence-corrected chi connectivity index (χ2v) is 7.47. The number of dihydropyridines is 1. The van der Waals surface area contributed by atoms with Crippen LogP contribution in [0.4, 0.5) is 0 Å². The summed E-state index contributed by atoms with van der Waals surface area (Å²) in [4.78, 5) is 4.50. The lowest BCUT2D eigenvalue weighted by atomic mass is 9.83. The van der Waals surface area contributed by atoms with Crippen LogP contribution < -0.4 is 14.8 Å². The Morgan fingerprint density at radius 1 is 0.812 bits per heavy atom. The number of rotatable bonds is 7. The molecule has 4 heteroatoms. The summed E-state index contributed by atoms with van der Waals surface area (Å²) < 4.78 is 10.7. The van der Waals surface area contributed by atoms with Crippen molar-refractivity contribution in [2.24, 2.45) is 5.41 Å². The molecule has 1 N–H and O–H groups in total. The first kappa shape index (κ1) is 21.2. The van der Waals surface area contributed by atoms with E-state index in [9.17, 15) is 0 Å². The van der Waals surface area contributed by atoms with Crippen LogP contribution in [0.5, 0.6) is 11.5 Å². The zero-order chi connectivity index (χ0) is 22.2. The minimum atomic E-state index is -0.440. The third-order valence-electron chi connectivity index (χ3n) is 5.26. The largest absolute Gasteiger partial charge is 0.497 e. The Balaban J connectivity index is 1.74. The van der Waals surface area contributed by atoms with Crippen LogP contribution in [0.2, 0.25) is 0 Å². The summed E-state index contributed by atoms with van der Waals surface area (Å²) in [6.45, 7) is 0. The van der Waals surface area contributed by atoms with Gasteiger partial charge in [0.25, 0.3) is 0 Å². The molecule has 1 aromatic heterocycles. The number of methoxy groups -OCH3 is 2. The highest BCUT2D eigenvalue weighted by molar-refractivity contribution is 5.69. The van der Waals surface area contributed by atoms with Gasteiger partial charge < -0.3 is 14.8 Å². The minimum absolute atomic E-state index is 0.440. The SMILES string of the molecule is COc1cccc(/C=C/C2(/C=C/c3cccc(OC)c3)C=CNC(c3ccccn3)=C2)c1. The predicted octanol–water partition coefficient (Wildman–Crippen LogP) is 5.97. The highest BCUT2D eigenvalue weighted by Gasteiger charge is 2.22. The Hall–Kier alpha value is -4.05. The van der Waals surface area contributed by atoms with Crippen molar-refractivity contribution < 1.29 is 9.47 Å². The van der Waals surface area contributed by atoms with Crippen LogP contribution >= 0.6 is 0 Å². The number of benzene rings is 2. The lowest BCUT2D eigenvalue weighted by Gasteiger charge is -2.25. The number of aromatic nitrogens is 1. The van der Waals surface area contributed by atoms with E-state index < -0.39 is 5.41 Å². The van der Waals surface area contributed by atoms with E-state index in [0.29, 0.717) is 0 Å². The van der Waals surface area contributed by atoms with Crippen LogP contribution in [0.25, 0.3) is 17.8 Å². The average Bonchev–Trinajstić information content (AvgIpc) is 2.87. The van der Waals surface area contributed by atoms with E-state index in [4.69, 9.17) is 9.47 Å². The van der Waals surface area contributed by atoms with Gasteiger partial charge in [-0.05, 0) is 59.8 Å². The summed E-state index contributed by atoms with van der Waals surface area (Å²) in [6, 6.07) is 21.9. The van der Waals surface area contributed by atoms with E-state index in [2.05, 4.69) is 58.9 Å². The third kappa shape index (κ3) is 5.16. The van der Waals surface area contributed by atoms with Crippen molar-refractivity contribution in [1.29, 1.82) is 0 Å². The van der Waals surface area contributed by atoms with E-state index in [1.807, 2.05) is 60.8 Å². The van der Waals surface area contributed by atoms with Gasteiger partial charge in [0.2, 0.25) is 0 Å². The summed E-state index contributed by atoms with van der Waals surface area (Å²) >= 11 is 0. The third-order valence-corrected chi connectivity index (χ3v) is 5.26. The maximum absolute atomic E-state index is 5.37. The number of allylic oxidation sites excluding steroid dienone is 4. The molecule has 4 rings (SSSR count). The standard InChI is InChI=1S/C28H26N2O2/c1-31-24-9-5-7-22(19-24)12-14-28(15-13-23-8-6-10-25(20-23)32-2)16-18-30-27(21-28)26-11-3-4-17-29-26/h3-21,30H,1-2H3/b14-12+,15-13+. The van der Waals surface area contributed by atoms with Crippen LogP contribution in [0.1, 0.15) is 16.8 Å². The molecular formula is C28H26N2O2. The normalized spacial score (nSPS) is 14.9. The summed E-state index contributed by atoms with van der Waals surface area (Å²) in [5, 5.41) is 3.33. The highest BCUT2D eigenvalue weighted by atomic mass is 16.5.